The van der Waals surface area contributed by atoms with Gasteiger partial charge in [0, 0.05) is 13.0 Å². The van der Waals surface area contributed by atoms with E-state index in [2.05, 4.69) is 10.3 Å². The Morgan fingerprint density at radius 3 is 2.84 bits per heavy atom. The summed E-state index contributed by atoms with van der Waals surface area (Å²) in [6.45, 7) is 4.50. The van der Waals surface area contributed by atoms with Crippen molar-refractivity contribution in [2.45, 2.75) is 45.6 Å². The summed E-state index contributed by atoms with van der Waals surface area (Å²) in [7, 11) is 0. The molecular formula is C18H20ClN3O3. The summed E-state index contributed by atoms with van der Waals surface area (Å²) in [5, 5.41) is 13.1. The van der Waals surface area contributed by atoms with Gasteiger partial charge in [0.2, 0.25) is 5.88 Å². The van der Waals surface area contributed by atoms with Gasteiger partial charge in [-0.3, -0.25) is 14.2 Å². The van der Waals surface area contributed by atoms with Gasteiger partial charge in [0.15, 0.2) is 5.56 Å². The molecule has 2 aromatic rings. The lowest BCUT2D eigenvalue weighted by Crippen LogP contribution is -2.34. The molecule has 0 aliphatic carbocycles. The Hall–Kier alpha value is -2.34. The van der Waals surface area contributed by atoms with E-state index in [9.17, 15) is 14.7 Å². The van der Waals surface area contributed by atoms with Gasteiger partial charge in [-0.1, -0.05) is 37.6 Å². The SMILES string of the molecule is CC(C)c1cccc(NC(=O)c2c(O)nc3n(c2=O)CCCC3)c1Cl. The number of aromatic hydroxyl groups is 1. The molecule has 0 unspecified atom stereocenters. The number of carbonyl (C=O) groups excluding carboxylic acids is 1. The number of carbonyl (C=O) groups is 1. The summed E-state index contributed by atoms with van der Waals surface area (Å²) in [5.74, 6) is -0.538. The number of aryl methyl sites for hydroxylation is 1. The Morgan fingerprint density at radius 1 is 1.36 bits per heavy atom. The molecule has 0 saturated heterocycles. The summed E-state index contributed by atoms with van der Waals surface area (Å²) in [6.07, 6.45) is 2.38. The Bertz CT molecular complexity index is 890. The molecule has 6 nitrogen and oxygen atoms in total. The predicted octanol–water partition coefficient (Wildman–Crippen LogP) is 3.31. The highest BCUT2D eigenvalue weighted by molar-refractivity contribution is 6.34. The number of fused-ring (bicyclic) bond motifs is 1. The lowest BCUT2D eigenvalue weighted by Gasteiger charge is -2.18. The molecule has 0 radical (unpaired) electrons. The molecule has 0 saturated carbocycles. The maximum atomic E-state index is 12.6. The van der Waals surface area contributed by atoms with E-state index in [0.717, 1.165) is 18.4 Å². The molecule has 2 N–H and O–H groups in total. The van der Waals surface area contributed by atoms with Crippen LogP contribution in [-0.4, -0.2) is 20.6 Å². The first-order chi connectivity index (χ1) is 11.9. The molecule has 2 heterocycles. The predicted molar refractivity (Wildman–Crippen MR) is 96.6 cm³/mol. The molecule has 132 valence electrons. The molecule has 1 aromatic carbocycles. The number of hydrogen-bond donors (Lipinski definition) is 2. The zero-order chi connectivity index (χ0) is 18.1. The van der Waals surface area contributed by atoms with E-state index in [4.69, 9.17) is 11.6 Å². The minimum atomic E-state index is -0.710. The van der Waals surface area contributed by atoms with E-state index in [1.165, 1.54) is 4.57 Å². The molecular weight excluding hydrogens is 342 g/mol. The Kier molecular flexibility index (Phi) is 4.81. The number of nitrogens with zero attached hydrogens (tertiary/aromatic N) is 2. The third-order valence-electron chi connectivity index (χ3n) is 4.39. The van der Waals surface area contributed by atoms with Crippen LogP contribution in [0.15, 0.2) is 23.0 Å². The maximum absolute atomic E-state index is 12.6. The number of anilines is 1. The smallest absolute Gasteiger partial charge is 0.270 e. The van der Waals surface area contributed by atoms with Crippen LogP contribution in [0.5, 0.6) is 5.88 Å². The molecule has 7 heteroatoms. The summed E-state index contributed by atoms with van der Waals surface area (Å²) in [5.41, 5.74) is 0.427. The van der Waals surface area contributed by atoms with Gasteiger partial charge in [0.25, 0.3) is 11.5 Å². The van der Waals surface area contributed by atoms with Crippen molar-refractivity contribution in [1.29, 1.82) is 0 Å². The number of rotatable bonds is 3. The standard InChI is InChI=1S/C18H20ClN3O3/c1-10(2)11-6-5-7-12(15(11)19)20-16(23)14-17(24)21-13-8-3-4-9-22(13)18(14)25/h5-7,10,24H,3-4,8-9H2,1-2H3,(H,20,23). The van der Waals surface area contributed by atoms with Gasteiger partial charge in [-0.25, -0.2) is 0 Å². The Labute approximate surface area is 150 Å². The topological polar surface area (TPSA) is 84.2 Å². The Morgan fingerprint density at radius 2 is 2.12 bits per heavy atom. The maximum Gasteiger partial charge on any atom is 0.270 e. The fourth-order valence-corrected chi connectivity index (χ4v) is 3.43. The zero-order valence-corrected chi connectivity index (χ0v) is 14.9. The van der Waals surface area contributed by atoms with E-state index in [-0.39, 0.29) is 11.5 Å². The van der Waals surface area contributed by atoms with Crippen molar-refractivity contribution in [2.24, 2.45) is 0 Å². The molecule has 1 aliphatic heterocycles. The normalized spacial score (nSPS) is 13.6. The number of nitrogens with one attached hydrogen (secondary N) is 1. The lowest BCUT2D eigenvalue weighted by molar-refractivity contribution is 0.102. The zero-order valence-electron chi connectivity index (χ0n) is 14.2. The first-order valence-electron chi connectivity index (χ1n) is 8.32. The van der Waals surface area contributed by atoms with Gasteiger partial charge < -0.3 is 10.4 Å². The van der Waals surface area contributed by atoms with Crippen molar-refractivity contribution in [3.05, 3.63) is 50.5 Å². The largest absolute Gasteiger partial charge is 0.493 e. The molecule has 0 bridgehead atoms. The van der Waals surface area contributed by atoms with Crippen LogP contribution in [0.4, 0.5) is 5.69 Å². The molecule has 25 heavy (non-hydrogen) atoms. The van der Waals surface area contributed by atoms with Crippen LogP contribution >= 0.6 is 11.6 Å². The minimum absolute atomic E-state index is 0.189. The average molecular weight is 362 g/mol. The van der Waals surface area contributed by atoms with Gasteiger partial charge in [0.05, 0.1) is 10.7 Å². The van der Waals surface area contributed by atoms with Crippen molar-refractivity contribution in [1.82, 2.24) is 9.55 Å². The lowest BCUT2D eigenvalue weighted by atomic mass is 10.0. The fraction of sp³-hybridized carbons (Fsp3) is 0.389. The summed E-state index contributed by atoms with van der Waals surface area (Å²) >= 11 is 6.35. The Balaban J connectivity index is 1.98. The van der Waals surface area contributed by atoms with Crippen molar-refractivity contribution in [3.8, 4) is 5.88 Å². The summed E-state index contributed by atoms with van der Waals surface area (Å²) < 4.78 is 1.46. The molecule has 0 atom stereocenters. The molecule has 0 spiro atoms. The van der Waals surface area contributed by atoms with Crippen LogP contribution in [0.25, 0.3) is 0 Å². The summed E-state index contributed by atoms with van der Waals surface area (Å²) in [4.78, 5) is 29.2. The number of halogens is 1. The first-order valence-corrected chi connectivity index (χ1v) is 8.70. The second kappa shape index (κ2) is 6.88. The summed E-state index contributed by atoms with van der Waals surface area (Å²) in [6, 6.07) is 5.33. The fourth-order valence-electron chi connectivity index (χ4n) is 3.04. The van der Waals surface area contributed by atoms with Crippen LogP contribution in [-0.2, 0) is 13.0 Å². The highest BCUT2D eigenvalue weighted by Crippen LogP contribution is 2.31. The molecule has 1 amide bonds. The van der Waals surface area contributed by atoms with Crippen LogP contribution < -0.4 is 10.9 Å². The number of hydrogen-bond acceptors (Lipinski definition) is 4. The second-order valence-corrected chi connectivity index (χ2v) is 6.84. The molecule has 3 rings (SSSR count). The third kappa shape index (κ3) is 3.26. The van der Waals surface area contributed by atoms with Crippen molar-refractivity contribution >= 4 is 23.2 Å². The van der Waals surface area contributed by atoms with Crippen LogP contribution in [0, 0.1) is 0 Å². The van der Waals surface area contributed by atoms with Crippen LogP contribution in [0.2, 0.25) is 5.02 Å². The molecule has 1 aromatic heterocycles. The van der Waals surface area contributed by atoms with Gasteiger partial charge in [-0.2, -0.15) is 4.98 Å². The van der Waals surface area contributed by atoms with Gasteiger partial charge in [0.1, 0.15) is 5.82 Å². The van der Waals surface area contributed by atoms with Gasteiger partial charge in [-0.05, 0) is 30.4 Å². The van der Waals surface area contributed by atoms with Crippen molar-refractivity contribution < 1.29 is 9.90 Å². The van der Waals surface area contributed by atoms with E-state index in [0.29, 0.717) is 29.5 Å². The van der Waals surface area contributed by atoms with Crippen molar-refractivity contribution in [2.75, 3.05) is 5.32 Å². The number of aromatic nitrogens is 2. The van der Waals surface area contributed by atoms with E-state index in [1.807, 2.05) is 19.9 Å². The molecule has 1 aliphatic rings. The first kappa shape index (κ1) is 17.5. The minimum Gasteiger partial charge on any atom is -0.493 e. The van der Waals surface area contributed by atoms with Gasteiger partial charge >= 0.3 is 0 Å². The monoisotopic (exact) mass is 361 g/mol. The quantitative estimate of drug-likeness (QED) is 0.878. The highest BCUT2D eigenvalue weighted by atomic mass is 35.5. The van der Waals surface area contributed by atoms with Crippen LogP contribution in [0.3, 0.4) is 0 Å². The van der Waals surface area contributed by atoms with E-state index >= 15 is 0 Å². The molecule has 0 fully saturated rings. The van der Waals surface area contributed by atoms with E-state index in [1.54, 1.807) is 12.1 Å². The van der Waals surface area contributed by atoms with Crippen LogP contribution in [0.1, 0.15) is 54.4 Å². The number of amides is 1. The van der Waals surface area contributed by atoms with Crippen molar-refractivity contribution in [3.63, 3.8) is 0 Å². The third-order valence-corrected chi connectivity index (χ3v) is 4.81. The number of benzene rings is 1. The average Bonchev–Trinajstić information content (AvgIpc) is 2.56. The van der Waals surface area contributed by atoms with Gasteiger partial charge in [-0.15, -0.1) is 0 Å². The van der Waals surface area contributed by atoms with E-state index < -0.39 is 17.3 Å². The second-order valence-electron chi connectivity index (χ2n) is 6.46. The highest BCUT2D eigenvalue weighted by Gasteiger charge is 2.24.